The van der Waals surface area contributed by atoms with Crippen LogP contribution < -0.4 is 11.3 Å². The molecule has 6 aromatic rings. The highest BCUT2D eigenvalue weighted by molar-refractivity contribution is 5.98. The Morgan fingerprint density at radius 2 is 1.74 bits per heavy atom. The van der Waals surface area contributed by atoms with Crippen LogP contribution in [0.3, 0.4) is 0 Å². The van der Waals surface area contributed by atoms with Crippen LogP contribution in [0.2, 0.25) is 0 Å². The van der Waals surface area contributed by atoms with E-state index in [0.717, 1.165) is 12.1 Å². The number of halogens is 3. The summed E-state index contributed by atoms with van der Waals surface area (Å²) in [6.45, 7) is -0.137. The first-order valence-corrected chi connectivity index (χ1v) is 12.6. The number of benzene rings is 3. The molecule has 0 spiro atoms. The van der Waals surface area contributed by atoms with E-state index in [1.54, 1.807) is 30.3 Å². The fourth-order valence-corrected chi connectivity index (χ4v) is 4.83. The number of phenolic OH excluding ortho intramolecular Hbond substituents is 1. The average Bonchev–Trinajstić information content (AvgIpc) is 3.34. The Labute approximate surface area is 235 Å². The Kier molecular flexibility index (Phi) is 6.34. The molecule has 3 aromatic carbocycles. The Morgan fingerprint density at radius 1 is 0.976 bits per heavy atom. The lowest BCUT2D eigenvalue weighted by atomic mass is 10.1. The molecular formula is C30H20F3N7O2. The summed E-state index contributed by atoms with van der Waals surface area (Å²) in [6, 6.07) is 16.0. The monoisotopic (exact) mass is 567 g/mol. The van der Waals surface area contributed by atoms with Crippen LogP contribution in [0.4, 0.5) is 19.0 Å². The maximum absolute atomic E-state index is 13.9. The SMILES string of the molecule is C#Cc1cccc2nc(Cn3nc(-c4cccc(O)c4)c4c(N)ncnc43)n(Cc3ccc(C(F)(F)F)cc3)c(=O)c12. The number of phenols is 1. The molecule has 9 nitrogen and oxygen atoms in total. The third kappa shape index (κ3) is 4.66. The maximum Gasteiger partial charge on any atom is 0.416 e. The minimum atomic E-state index is -4.50. The highest BCUT2D eigenvalue weighted by atomic mass is 19.4. The van der Waals surface area contributed by atoms with E-state index in [9.17, 15) is 23.1 Å². The minimum absolute atomic E-state index is 0.0246. The van der Waals surface area contributed by atoms with E-state index < -0.39 is 17.3 Å². The molecule has 0 aliphatic rings. The molecule has 0 saturated carbocycles. The molecule has 0 saturated heterocycles. The molecule has 0 amide bonds. The number of anilines is 1. The minimum Gasteiger partial charge on any atom is -0.508 e. The number of aromatic hydroxyl groups is 1. The highest BCUT2D eigenvalue weighted by Crippen LogP contribution is 2.32. The zero-order valence-corrected chi connectivity index (χ0v) is 21.7. The molecule has 3 heterocycles. The van der Waals surface area contributed by atoms with E-state index in [1.807, 2.05) is 0 Å². The Balaban J connectivity index is 1.53. The molecule has 0 fully saturated rings. The molecule has 12 heteroatoms. The third-order valence-electron chi connectivity index (χ3n) is 6.81. The van der Waals surface area contributed by atoms with Gasteiger partial charge in [0, 0.05) is 11.1 Å². The van der Waals surface area contributed by atoms with Crippen molar-refractivity contribution in [1.82, 2.24) is 29.3 Å². The third-order valence-corrected chi connectivity index (χ3v) is 6.81. The average molecular weight is 568 g/mol. The molecular weight excluding hydrogens is 547 g/mol. The van der Waals surface area contributed by atoms with Crippen LogP contribution in [0.25, 0.3) is 33.2 Å². The van der Waals surface area contributed by atoms with E-state index >= 15 is 0 Å². The van der Waals surface area contributed by atoms with Crippen molar-refractivity contribution in [3.63, 3.8) is 0 Å². The van der Waals surface area contributed by atoms with Crippen LogP contribution in [0.15, 0.2) is 77.9 Å². The van der Waals surface area contributed by atoms with Gasteiger partial charge in [0.1, 0.15) is 36.0 Å². The van der Waals surface area contributed by atoms with Crippen molar-refractivity contribution in [2.45, 2.75) is 19.3 Å². The molecule has 0 aliphatic heterocycles. The second kappa shape index (κ2) is 10.0. The first kappa shape index (κ1) is 26.5. The standard InChI is InChI=1S/C30H20F3N7O2/c1-2-18-5-4-8-22-24(18)29(42)39(14-17-9-11-20(12-10-17)30(31,32)33)23(37-22)15-40-28-25(27(34)35-16-36-28)26(38-40)19-6-3-7-21(41)13-19/h1,3-13,16,41H,14-15H2,(H2,34,35,36). The number of alkyl halides is 3. The van der Waals surface area contributed by atoms with E-state index in [-0.39, 0.29) is 35.9 Å². The molecule has 0 radical (unpaired) electrons. The van der Waals surface area contributed by atoms with Crippen molar-refractivity contribution in [1.29, 1.82) is 0 Å². The number of terminal acetylenes is 1. The zero-order valence-electron chi connectivity index (χ0n) is 21.7. The second-order valence-electron chi connectivity index (χ2n) is 9.47. The van der Waals surface area contributed by atoms with Gasteiger partial charge in [-0.2, -0.15) is 18.3 Å². The van der Waals surface area contributed by atoms with Crippen molar-refractivity contribution in [2.24, 2.45) is 0 Å². The van der Waals surface area contributed by atoms with Gasteiger partial charge in [-0.05, 0) is 42.0 Å². The van der Waals surface area contributed by atoms with Gasteiger partial charge < -0.3 is 10.8 Å². The number of fused-ring (bicyclic) bond motifs is 2. The Bertz CT molecular complexity index is 2090. The number of hydrogen-bond donors (Lipinski definition) is 2. The first-order chi connectivity index (χ1) is 20.1. The summed E-state index contributed by atoms with van der Waals surface area (Å²) in [5, 5.41) is 15.4. The lowest BCUT2D eigenvalue weighted by Gasteiger charge is -2.15. The van der Waals surface area contributed by atoms with Crippen molar-refractivity contribution in [2.75, 3.05) is 5.73 Å². The number of nitrogens with two attached hydrogens (primary N) is 1. The van der Waals surface area contributed by atoms with Crippen LogP contribution in [-0.2, 0) is 19.3 Å². The summed E-state index contributed by atoms with van der Waals surface area (Å²) >= 11 is 0. The van der Waals surface area contributed by atoms with Gasteiger partial charge in [-0.1, -0.05) is 36.3 Å². The Morgan fingerprint density at radius 3 is 2.45 bits per heavy atom. The fourth-order valence-electron chi connectivity index (χ4n) is 4.83. The smallest absolute Gasteiger partial charge is 0.416 e. The number of rotatable bonds is 5. The molecule has 3 N–H and O–H groups in total. The van der Waals surface area contributed by atoms with E-state index in [2.05, 4.69) is 15.9 Å². The van der Waals surface area contributed by atoms with E-state index in [1.165, 1.54) is 39.8 Å². The summed E-state index contributed by atoms with van der Waals surface area (Å²) < 4.78 is 42.3. The zero-order chi connectivity index (χ0) is 29.6. The van der Waals surface area contributed by atoms with Crippen molar-refractivity contribution >= 4 is 27.8 Å². The van der Waals surface area contributed by atoms with E-state index in [0.29, 0.717) is 38.9 Å². The number of nitrogen functional groups attached to an aromatic ring is 1. The molecule has 0 atom stereocenters. The van der Waals surface area contributed by atoms with Crippen LogP contribution in [-0.4, -0.2) is 34.4 Å². The van der Waals surface area contributed by atoms with Crippen LogP contribution >= 0.6 is 0 Å². The van der Waals surface area contributed by atoms with Crippen LogP contribution in [0.1, 0.15) is 22.5 Å². The number of hydrogen-bond acceptors (Lipinski definition) is 7. The topological polar surface area (TPSA) is 125 Å². The molecule has 0 bridgehead atoms. The quantitative estimate of drug-likeness (QED) is 0.292. The highest BCUT2D eigenvalue weighted by Gasteiger charge is 2.30. The molecule has 0 aliphatic carbocycles. The van der Waals surface area contributed by atoms with Crippen molar-refractivity contribution in [3.8, 4) is 29.4 Å². The van der Waals surface area contributed by atoms with Gasteiger partial charge in [0.25, 0.3) is 5.56 Å². The van der Waals surface area contributed by atoms with E-state index in [4.69, 9.17) is 22.2 Å². The van der Waals surface area contributed by atoms with Gasteiger partial charge in [0.05, 0.1) is 28.4 Å². The molecule has 208 valence electrons. The predicted molar refractivity (Wildman–Crippen MR) is 150 cm³/mol. The first-order valence-electron chi connectivity index (χ1n) is 12.6. The van der Waals surface area contributed by atoms with Gasteiger partial charge in [-0.25, -0.2) is 19.6 Å². The van der Waals surface area contributed by atoms with Gasteiger partial charge in [-0.3, -0.25) is 9.36 Å². The molecule has 6 rings (SSSR count). The second-order valence-corrected chi connectivity index (χ2v) is 9.47. The molecule has 42 heavy (non-hydrogen) atoms. The van der Waals surface area contributed by atoms with Crippen LogP contribution in [0.5, 0.6) is 5.75 Å². The fraction of sp³-hybridized carbons (Fsp3) is 0.100. The summed E-state index contributed by atoms with van der Waals surface area (Å²) in [5.74, 6) is 2.95. The summed E-state index contributed by atoms with van der Waals surface area (Å²) in [4.78, 5) is 27.1. The largest absolute Gasteiger partial charge is 0.508 e. The Hall–Kier alpha value is -5.70. The lowest BCUT2D eigenvalue weighted by Crippen LogP contribution is -2.28. The molecule has 3 aromatic heterocycles. The van der Waals surface area contributed by atoms with Crippen molar-refractivity contribution < 1.29 is 18.3 Å². The van der Waals surface area contributed by atoms with Gasteiger partial charge >= 0.3 is 6.18 Å². The molecule has 0 unspecified atom stereocenters. The summed E-state index contributed by atoms with van der Waals surface area (Å²) in [5.41, 5.74) is 7.42. The van der Waals surface area contributed by atoms with Gasteiger partial charge in [0.15, 0.2) is 5.65 Å². The van der Waals surface area contributed by atoms with Gasteiger partial charge in [0.2, 0.25) is 0 Å². The lowest BCUT2D eigenvalue weighted by molar-refractivity contribution is -0.137. The number of nitrogens with zero attached hydrogens (tertiary/aromatic N) is 6. The number of aromatic nitrogens is 6. The van der Waals surface area contributed by atoms with Crippen LogP contribution in [0, 0.1) is 12.3 Å². The normalized spacial score (nSPS) is 11.7. The predicted octanol–water partition coefficient (Wildman–Crippen LogP) is 4.59. The van der Waals surface area contributed by atoms with Crippen molar-refractivity contribution in [3.05, 3.63) is 106 Å². The summed E-state index contributed by atoms with van der Waals surface area (Å²) in [7, 11) is 0. The summed E-state index contributed by atoms with van der Waals surface area (Å²) in [6.07, 6.45) is 2.45. The maximum atomic E-state index is 13.9. The van der Waals surface area contributed by atoms with Gasteiger partial charge in [-0.15, -0.1) is 6.42 Å².